The van der Waals surface area contributed by atoms with E-state index in [1.54, 1.807) is 6.92 Å². The second-order valence-corrected chi connectivity index (χ2v) is 6.87. The van der Waals surface area contributed by atoms with E-state index in [0.717, 1.165) is 17.5 Å². The van der Waals surface area contributed by atoms with Gasteiger partial charge in [0.05, 0.1) is 11.8 Å². The predicted molar refractivity (Wildman–Crippen MR) is 83.5 cm³/mol. The monoisotopic (exact) mass is 301 g/mol. The standard InChI is InChI=1S/C16H19N3OS/c1-11(20)12(2)21-16-18-17-15(14-8-9-14)19(16)10-13-6-4-3-5-7-13/h3-7,12,14H,8-10H2,1-2H3. The highest BCUT2D eigenvalue weighted by molar-refractivity contribution is 8.00. The summed E-state index contributed by atoms with van der Waals surface area (Å²) in [5.41, 5.74) is 1.23. The zero-order valence-corrected chi connectivity index (χ0v) is 13.1. The molecule has 1 fully saturated rings. The van der Waals surface area contributed by atoms with Crippen LogP contribution in [0.1, 0.15) is 44.0 Å². The van der Waals surface area contributed by atoms with Crippen LogP contribution >= 0.6 is 11.8 Å². The molecule has 0 N–H and O–H groups in total. The minimum absolute atomic E-state index is 0.0872. The van der Waals surface area contributed by atoms with E-state index in [2.05, 4.69) is 26.9 Å². The quantitative estimate of drug-likeness (QED) is 0.768. The first-order chi connectivity index (χ1) is 10.1. The maximum atomic E-state index is 11.5. The van der Waals surface area contributed by atoms with Crippen molar-refractivity contribution in [1.29, 1.82) is 0 Å². The van der Waals surface area contributed by atoms with E-state index in [9.17, 15) is 4.79 Å². The average Bonchev–Trinajstić information content (AvgIpc) is 3.25. The highest BCUT2D eigenvalue weighted by Gasteiger charge is 2.31. The van der Waals surface area contributed by atoms with Gasteiger partial charge in [-0.3, -0.25) is 4.79 Å². The molecule has 21 heavy (non-hydrogen) atoms. The van der Waals surface area contributed by atoms with Crippen LogP contribution < -0.4 is 0 Å². The fourth-order valence-electron chi connectivity index (χ4n) is 2.19. The number of ketones is 1. The Balaban J connectivity index is 1.88. The summed E-state index contributed by atoms with van der Waals surface area (Å²) in [6, 6.07) is 10.3. The van der Waals surface area contributed by atoms with Crippen LogP contribution in [0, 0.1) is 0 Å². The fraction of sp³-hybridized carbons (Fsp3) is 0.438. The second-order valence-electron chi connectivity index (χ2n) is 5.56. The average molecular weight is 301 g/mol. The van der Waals surface area contributed by atoms with Crippen molar-refractivity contribution in [3.63, 3.8) is 0 Å². The van der Waals surface area contributed by atoms with Gasteiger partial charge in [0.1, 0.15) is 11.6 Å². The molecule has 1 aliphatic carbocycles. The molecule has 1 unspecified atom stereocenters. The summed E-state index contributed by atoms with van der Waals surface area (Å²) in [4.78, 5) is 11.5. The van der Waals surface area contributed by atoms with Crippen molar-refractivity contribution in [3.8, 4) is 0 Å². The third-order valence-electron chi connectivity index (χ3n) is 3.73. The molecule has 1 aliphatic rings. The summed E-state index contributed by atoms with van der Waals surface area (Å²) in [5.74, 6) is 1.78. The summed E-state index contributed by atoms with van der Waals surface area (Å²) in [7, 11) is 0. The normalized spacial score (nSPS) is 15.9. The molecule has 1 heterocycles. The maximum Gasteiger partial charge on any atom is 0.192 e. The Kier molecular flexibility index (Phi) is 4.10. The molecule has 4 nitrogen and oxygen atoms in total. The van der Waals surface area contributed by atoms with Crippen LogP contribution in [0.4, 0.5) is 0 Å². The Hall–Kier alpha value is -1.62. The molecule has 0 bridgehead atoms. The number of carbonyl (C=O) groups is 1. The van der Waals surface area contributed by atoms with Gasteiger partial charge in [-0.2, -0.15) is 0 Å². The van der Waals surface area contributed by atoms with E-state index < -0.39 is 0 Å². The predicted octanol–water partition coefficient (Wildman–Crippen LogP) is 3.27. The van der Waals surface area contributed by atoms with Crippen LogP contribution in [0.5, 0.6) is 0 Å². The number of hydrogen-bond donors (Lipinski definition) is 0. The van der Waals surface area contributed by atoms with Gasteiger partial charge in [-0.25, -0.2) is 0 Å². The van der Waals surface area contributed by atoms with Crippen LogP contribution in [0.25, 0.3) is 0 Å². The molecule has 0 amide bonds. The number of aromatic nitrogens is 3. The molecule has 1 atom stereocenters. The van der Waals surface area contributed by atoms with Crippen molar-refractivity contribution in [3.05, 3.63) is 41.7 Å². The Morgan fingerprint density at radius 3 is 2.67 bits per heavy atom. The fourth-order valence-corrected chi connectivity index (χ4v) is 3.04. The molecule has 110 valence electrons. The molecule has 1 aromatic carbocycles. The first-order valence-electron chi connectivity index (χ1n) is 7.29. The summed E-state index contributed by atoms with van der Waals surface area (Å²) >= 11 is 1.50. The van der Waals surface area contributed by atoms with Gasteiger partial charge in [-0.1, -0.05) is 42.1 Å². The molecule has 1 aromatic heterocycles. The topological polar surface area (TPSA) is 47.8 Å². The van der Waals surface area contributed by atoms with Crippen molar-refractivity contribution < 1.29 is 4.79 Å². The third kappa shape index (κ3) is 3.35. The lowest BCUT2D eigenvalue weighted by molar-refractivity contribution is -0.116. The summed E-state index contributed by atoms with van der Waals surface area (Å²) < 4.78 is 2.18. The summed E-state index contributed by atoms with van der Waals surface area (Å²) in [6.45, 7) is 4.31. The maximum absolute atomic E-state index is 11.5. The number of nitrogens with zero attached hydrogens (tertiary/aromatic N) is 3. The molecule has 1 saturated carbocycles. The van der Waals surface area contributed by atoms with Gasteiger partial charge in [0.2, 0.25) is 0 Å². The summed E-state index contributed by atoms with van der Waals surface area (Å²) in [5, 5.41) is 9.45. The number of hydrogen-bond acceptors (Lipinski definition) is 4. The largest absolute Gasteiger partial charge is 0.301 e. The van der Waals surface area contributed by atoms with E-state index in [1.807, 2.05) is 25.1 Å². The van der Waals surface area contributed by atoms with E-state index in [-0.39, 0.29) is 11.0 Å². The van der Waals surface area contributed by atoms with Gasteiger partial charge in [-0.15, -0.1) is 10.2 Å². The molecule has 2 aromatic rings. The van der Waals surface area contributed by atoms with Gasteiger partial charge < -0.3 is 4.57 Å². The SMILES string of the molecule is CC(=O)C(C)Sc1nnc(C2CC2)n1Cc1ccccc1. The minimum atomic E-state index is -0.0872. The molecule has 0 spiro atoms. The van der Waals surface area contributed by atoms with Crippen molar-refractivity contribution >= 4 is 17.5 Å². The van der Waals surface area contributed by atoms with Crippen LogP contribution in [-0.4, -0.2) is 25.8 Å². The van der Waals surface area contributed by atoms with Crippen molar-refractivity contribution in [2.75, 3.05) is 0 Å². The van der Waals surface area contributed by atoms with E-state index in [1.165, 1.54) is 30.2 Å². The molecule has 5 heteroatoms. The number of carbonyl (C=O) groups excluding carboxylic acids is 1. The molecule has 0 aliphatic heterocycles. The number of Topliss-reactive ketones (excluding diaryl/α,β-unsaturated/α-hetero) is 1. The zero-order chi connectivity index (χ0) is 14.8. The lowest BCUT2D eigenvalue weighted by atomic mass is 10.2. The third-order valence-corrected chi connectivity index (χ3v) is 4.92. The lowest BCUT2D eigenvalue weighted by Gasteiger charge is -2.11. The van der Waals surface area contributed by atoms with Crippen LogP contribution in [0.2, 0.25) is 0 Å². The molecule has 3 rings (SSSR count). The van der Waals surface area contributed by atoms with Crippen molar-refractivity contribution in [2.24, 2.45) is 0 Å². The van der Waals surface area contributed by atoms with E-state index in [0.29, 0.717) is 5.92 Å². The highest BCUT2D eigenvalue weighted by atomic mass is 32.2. The van der Waals surface area contributed by atoms with E-state index in [4.69, 9.17) is 0 Å². The lowest BCUT2D eigenvalue weighted by Crippen LogP contribution is -2.11. The van der Waals surface area contributed by atoms with Gasteiger partial charge in [0.25, 0.3) is 0 Å². The second kappa shape index (κ2) is 6.02. The van der Waals surface area contributed by atoms with Gasteiger partial charge in [-0.05, 0) is 32.3 Å². The summed E-state index contributed by atoms with van der Waals surface area (Å²) in [6.07, 6.45) is 2.39. The van der Waals surface area contributed by atoms with Crippen molar-refractivity contribution in [1.82, 2.24) is 14.8 Å². The first kappa shape index (κ1) is 14.3. The minimum Gasteiger partial charge on any atom is -0.301 e. The number of rotatable bonds is 6. The Morgan fingerprint density at radius 2 is 2.05 bits per heavy atom. The van der Waals surface area contributed by atoms with Crippen LogP contribution in [-0.2, 0) is 11.3 Å². The molecule has 0 radical (unpaired) electrons. The van der Waals surface area contributed by atoms with Crippen LogP contribution in [0.3, 0.4) is 0 Å². The highest BCUT2D eigenvalue weighted by Crippen LogP contribution is 2.40. The Labute approximate surface area is 129 Å². The number of thioether (sulfide) groups is 1. The molecular weight excluding hydrogens is 282 g/mol. The van der Waals surface area contributed by atoms with E-state index >= 15 is 0 Å². The molecular formula is C16H19N3OS. The first-order valence-corrected chi connectivity index (χ1v) is 8.17. The van der Waals surface area contributed by atoms with Gasteiger partial charge in [0.15, 0.2) is 5.16 Å². The van der Waals surface area contributed by atoms with Crippen LogP contribution in [0.15, 0.2) is 35.5 Å². The Bertz CT molecular complexity index is 634. The van der Waals surface area contributed by atoms with Gasteiger partial charge in [0, 0.05) is 5.92 Å². The molecule has 0 saturated heterocycles. The number of benzene rings is 1. The van der Waals surface area contributed by atoms with Gasteiger partial charge >= 0.3 is 0 Å². The zero-order valence-electron chi connectivity index (χ0n) is 12.3. The Morgan fingerprint density at radius 1 is 1.33 bits per heavy atom. The smallest absolute Gasteiger partial charge is 0.192 e. The van der Waals surface area contributed by atoms with Crippen molar-refractivity contribution in [2.45, 2.75) is 49.6 Å².